The highest BCUT2D eigenvalue weighted by molar-refractivity contribution is 5.91. The minimum absolute atomic E-state index is 0.201. The maximum absolute atomic E-state index is 11.8. The summed E-state index contributed by atoms with van der Waals surface area (Å²) in [6, 6.07) is 1.67. The number of amides is 1. The van der Waals surface area contributed by atoms with E-state index >= 15 is 0 Å². The molecule has 0 aliphatic rings. The van der Waals surface area contributed by atoms with Gasteiger partial charge in [-0.25, -0.2) is 0 Å². The van der Waals surface area contributed by atoms with Gasteiger partial charge in [-0.15, -0.1) is 0 Å². The lowest BCUT2D eigenvalue weighted by atomic mass is 10.1. The molecule has 0 bridgehead atoms. The summed E-state index contributed by atoms with van der Waals surface area (Å²) >= 11 is 0. The van der Waals surface area contributed by atoms with Crippen LogP contribution in [0.25, 0.3) is 0 Å². The van der Waals surface area contributed by atoms with Crippen LogP contribution in [0.1, 0.15) is 62.7 Å². The first-order valence-corrected chi connectivity index (χ1v) is 6.86. The fourth-order valence-electron chi connectivity index (χ4n) is 1.76. The topological polar surface area (TPSA) is 75.4 Å². The number of rotatable bonds is 7. The van der Waals surface area contributed by atoms with Crippen molar-refractivity contribution in [1.82, 2.24) is 10.5 Å². The van der Waals surface area contributed by atoms with Crippen molar-refractivity contribution in [3.63, 3.8) is 0 Å². The van der Waals surface area contributed by atoms with E-state index in [9.17, 15) is 9.90 Å². The van der Waals surface area contributed by atoms with Gasteiger partial charge in [0, 0.05) is 18.5 Å². The Morgan fingerprint density at radius 2 is 2.16 bits per heavy atom. The molecule has 1 amide bonds. The number of aliphatic hydroxyl groups excluding tert-OH is 1. The molecule has 0 aliphatic carbocycles. The number of aliphatic hydroxyl groups is 1. The van der Waals surface area contributed by atoms with Crippen molar-refractivity contribution >= 4 is 5.91 Å². The van der Waals surface area contributed by atoms with Gasteiger partial charge in [-0.05, 0) is 18.8 Å². The summed E-state index contributed by atoms with van der Waals surface area (Å²) in [4.78, 5) is 11.8. The molecule has 5 heteroatoms. The summed E-state index contributed by atoms with van der Waals surface area (Å²) in [6.07, 6.45) is 1.08. The molecule has 2 atom stereocenters. The van der Waals surface area contributed by atoms with E-state index < -0.39 is 6.10 Å². The summed E-state index contributed by atoms with van der Waals surface area (Å²) in [7, 11) is 0. The van der Waals surface area contributed by atoms with Gasteiger partial charge in [-0.1, -0.05) is 32.9 Å². The van der Waals surface area contributed by atoms with Crippen LogP contribution in [0.3, 0.4) is 0 Å². The second-order valence-electron chi connectivity index (χ2n) is 5.42. The smallest absolute Gasteiger partial charge is 0.289 e. The Balaban J connectivity index is 2.47. The van der Waals surface area contributed by atoms with Gasteiger partial charge < -0.3 is 14.9 Å². The Morgan fingerprint density at radius 1 is 1.47 bits per heavy atom. The maximum Gasteiger partial charge on any atom is 0.289 e. The molecule has 1 heterocycles. The molecule has 1 aromatic heterocycles. The van der Waals surface area contributed by atoms with Gasteiger partial charge in [-0.3, -0.25) is 4.79 Å². The summed E-state index contributed by atoms with van der Waals surface area (Å²) in [5, 5.41) is 16.2. The molecule has 0 saturated carbocycles. The predicted octanol–water partition coefficient (Wildman–Crippen LogP) is 2.32. The van der Waals surface area contributed by atoms with Gasteiger partial charge in [-0.2, -0.15) is 0 Å². The van der Waals surface area contributed by atoms with Crippen molar-refractivity contribution in [2.45, 2.75) is 52.6 Å². The highest BCUT2D eigenvalue weighted by atomic mass is 16.5. The quantitative estimate of drug-likeness (QED) is 0.795. The molecular weight excluding hydrogens is 244 g/mol. The van der Waals surface area contributed by atoms with Crippen molar-refractivity contribution in [2.24, 2.45) is 5.92 Å². The summed E-state index contributed by atoms with van der Waals surface area (Å²) < 4.78 is 5.02. The highest BCUT2D eigenvalue weighted by Gasteiger charge is 2.16. The zero-order chi connectivity index (χ0) is 14.4. The van der Waals surface area contributed by atoms with E-state index in [1.165, 1.54) is 0 Å². The predicted molar refractivity (Wildman–Crippen MR) is 73.0 cm³/mol. The van der Waals surface area contributed by atoms with Crippen LogP contribution in [-0.2, 0) is 0 Å². The molecule has 2 N–H and O–H groups in total. The van der Waals surface area contributed by atoms with E-state index in [0.717, 1.165) is 12.1 Å². The van der Waals surface area contributed by atoms with Crippen molar-refractivity contribution in [2.75, 3.05) is 6.54 Å². The lowest BCUT2D eigenvalue weighted by Crippen LogP contribution is -2.32. The average Bonchev–Trinajstić information content (AvgIpc) is 2.83. The first kappa shape index (κ1) is 15.7. The number of hydrogen-bond donors (Lipinski definition) is 2. The Labute approximate surface area is 114 Å². The minimum atomic E-state index is -0.527. The molecule has 0 fully saturated rings. The van der Waals surface area contributed by atoms with Crippen LogP contribution in [-0.4, -0.2) is 28.8 Å². The number of hydrogen-bond acceptors (Lipinski definition) is 4. The van der Waals surface area contributed by atoms with E-state index in [2.05, 4.69) is 17.4 Å². The van der Waals surface area contributed by atoms with E-state index in [1.54, 1.807) is 6.07 Å². The van der Waals surface area contributed by atoms with Crippen LogP contribution >= 0.6 is 0 Å². The van der Waals surface area contributed by atoms with Gasteiger partial charge in [0.15, 0.2) is 0 Å². The minimum Gasteiger partial charge on any atom is -0.391 e. The Bertz CT molecular complexity index is 401. The molecule has 0 aliphatic heterocycles. The van der Waals surface area contributed by atoms with Crippen LogP contribution < -0.4 is 5.32 Å². The van der Waals surface area contributed by atoms with Gasteiger partial charge >= 0.3 is 0 Å². The van der Waals surface area contributed by atoms with Crippen molar-refractivity contribution in [3.05, 3.63) is 17.5 Å². The molecule has 0 radical (unpaired) electrons. The SMILES string of the molecule is CCC(C)c1cc(C(=O)NCC(O)CC(C)C)on1. The molecule has 0 spiro atoms. The maximum atomic E-state index is 11.8. The Hall–Kier alpha value is -1.36. The zero-order valence-electron chi connectivity index (χ0n) is 12.1. The monoisotopic (exact) mass is 268 g/mol. The molecule has 0 aromatic carbocycles. The fraction of sp³-hybridized carbons (Fsp3) is 0.714. The second kappa shape index (κ2) is 7.28. The normalized spacial score (nSPS) is 14.4. The first-order chi connectivity index (χ1) is 8.93. The van der Waals surface area contributed by atoms with E-state index in [4.69, 9.17) is 4.52 Å². The summed E-state index contributed by atoms with van der Waals surface area (Å²) in [5.41, 5.74) is 0.787. The van der Waals surface area contributed by atoms with Crippen LogP contribution in [0, 0.1) is 5.92 Å². The Morgan fingerprint density at radius 3 is 2.74 bits per heavy atom. The van der Waals surface area contributed by atoms with E-state index in [0.29, 0.717) is 12.3 Å². The third kappa shape index (κ3) is 5.03. The van der Waals surface area contributed by atoms with Crippen molar-refractivity contribution in [3.8, 4) is 0 Å². The Kier molecular flexibility index (Phi) is 6.02. The molecule has 1 aromatic rings. The highest BCUT2D eigenvalue weighted by Crippen LogP contribution is 2.18. The van der Waals surface area contributed by atoms with E-state index in [-0.39, 0.29) is 24.1 Å². The van der Waals surface area contributed by atoms with Gasteiger partial charge in [0.05, 0.1) is 11.8 Å². The number of carbonyl (C=O) groups excluding carboxylic acids is 1. The molecule has 108 valence electrons. The summed E-state index contributed by atoms with van der Waals surface area (Å²) in [6.45, 7) is 8.38. The van der Waals surface area contributed by atoms with Gasteiger partial charge in [0.1, 0.15) is 0 Å². The van der Waals surface area contributed by atoms with Gasteiger partial charge in [0.25, 0.3) is 5.91 Å². The third-order valence-electron chi connectivity index (χ3n) is 3.11. The second-order valence-corrected chi connectivity index (χ2v) is 5.42. The lowest BCUT2D eigenvalue weighted by Gasteiger charge is -2.12. The van der Waals surface area contributed by atoms with Crippen LogP contribution in [0.4, 0.5) is 0 Å². The summed E-state index contributed by atoms with van der Waals surface area (Å²) in [5.74, 6) is 0.544. The number of carbonyl (C=O) groups is 1. The number of nitrogens with zero attached hydrogens (tertiary/aromatic N) is 1. The molecule has 1 rings (SSSR count). The van der Waals surface area contributed by atoms with Crippen LogP contribution in [0.5, 0.6) is 0 Å². The van der Waals surface area contributed by atoms with Crippen LogP contribution in [0.2, 0.25) is 0 Å². The van der Waals surface area contributed by atoms with Gasteiger partial charge in [0.2, 0.25) is 5.76 Å². The molecule has 0 saturated heterocycles. The number of aromatic nitrogens is 1. The lowest BCUT2D eigenvalue weighted by molar-refractivity contribution is 0.0865. The molecule has 19 heavy (non-hydrogen) atoms. The molecule has 5 nitrogen and oxygen atoms in total. The zero-order valence-corrected chi connectivity index (χ0v) is 12.1. The first-order valence-electron chi connectivity index (χ1n) is 6.86. The number of nitrogens with one attached hydrogen (secondary N) is 1. The van der Waals surface area contributed by atoms with E-state index in [1.807, 2.05) is 20.8 Å². The van der Waals surface area contributed by atoms with Crippen LogP contribution in [0.15, 0.2) is 10.6 Å². The molecular formula is C14H24N2O3. The average molecular weight is 268 g/mol. The standard InChI is InChI=1S/C14H24N2O3/c1-5-10(4)12-7-13(19-16-12)14(18)15-8-11(17)6-9(2)3/h7,9-11,17H,5-6,8H2,1-4H3,(H,15,18). The third-order valence-corrected chi connectivity index (χ3v) is 3.11. The van der Waals surface area contributed by atoms with Crippen molar-refractivity contribution < 1.29 is 14.4 Å². The largest absolute Gasteiger partial charge is 0.391 e. The fourth-order valence-corrected chi connectivity index (χ4v) is 1.76. The molecule has 2 unspecified atom stereocenters. The van der Waals surface area contributed by atoms with Crippen molar-refractivity contribution in [1.29, 1.82) is 0 Å².